The van der Waals surface area contributed by atoms with Gasteiger partial charge in [-0.2, -0.15) is 0 Å². The number of piperazine rings is 1. The maximum Gasteiger partial charge on any atom is 0.324 e. The highest BCUT2D eigenvalue weighted by molar-refractivity contribution is 7.22. The van der Waals surface area contributed by atoms with Crippen LogP contribution in [0.15, 0.2) is 36.5 Å². The second-order valence-corrected chi connectivity index (χ2v) is 8.47. The van der Waals surface area contributed by atoms with Crippen LogP contribution in [-0.2, 0) is 6.42 Å². The Kier molecular flexibility index (Phi) is 5.84. The number of nitrogens with zero attached hydrogens (tertiary/aromatic N) is 4. The van der Waals surface area contributed by atoms with Gasteiger partial charge in [0.15, 0.2) is 5.13 Å². The Hall–Kier alpha value is -2.42. The molecule has 29 heavy (non-hydrogen) atoms. The van der Waals surface area contributed by atoms with Crippen molar-refractivity contribution in [2.75, 3.05) is 36.5 Å². The van der Waals surface area contributed by atoms with E-state index in [0.717, 1.165) is 15.8 Å². The average molecular weight is 432 g/mol. The van der Waals surface area contributed by atoms with Gasteiger partial charge in [0.2, 0.25) is 0 Å². The highest BCUT2D eigenvalue weighted by Gasteiger charge is 2.29. The van der Waals surface area contributed by atoms with Gasteiger partial charge in [-0.15, -0.1) is 0 Å². The van der Waals surface area contributed by atoms with Gasteiger partial charge >= 0.3 is 6.03 Å². The van der Waals surface area contributed by atoms with E-state index < -0.39 is 0 Å². The molecule has 1 atom stereocenters. The maximum atomic E-state index is 12.8. The summed E-state index contributed by atoms with van der Waals surface area (Å²) in [5.41, 5.74) is 1.79. The zero-order valence-corrected chi connectivity index (χ0v) is 17.6. The first-order valence-electron chi connectivity index (χ1n) is 9.48. The van der Waals surface area contributed by atoms with Crippen LogP contribution in [0.4, 0.5) is 15.7 Å². The molecule has 0 aliphatic carbocycles. The first-order valence-corrected chi connectivity index (χ1v) is 10.7. The number of fused-ring (bicyclic) bond motifs is 1. The van der Waals surface area contributed by atoms with Gasteiger partial charge in [0, 0.05) is 38.5 Å². The molecule has 2 N–H and O–H groups in total. The smallest absolute Gasteiger partial charge is 0.324 e. The van der Waals surface area contributed by atoms with Crippen LogP contribution in [0.1, 0.15) is 12.5 Å². The van der Waals surface area contributed by atoms with E-state index in [0.29, 0.717) is 42.0 Å². The van der Waals surface area contributed by atoms with Crippen molar-refractivity contribution in [1.29, 1.82) is 0 Å². The summed E-state index contributed by atoms with van der Waals surface area (Å²) < 4.78 is 1.05. The molecule has 0 bridgehead atoms. The molecule has 1 unspecified atom stereocenters. The molecule has 2 aromatic heterocycles. The summed E-state index contributed by atoms with van der Waals surface area (Å²) in [5.74, 6) is 0.714. The fourth-order valence-electron chi connectivity index (χ4n) is 3.51. The van der Waals surface area contributed by atoms with Crippen LogP contribution in [0, 0.1) is 0 Å². The molecule has 4 rings (SSSR count). The van der Waals surface area contributed by atoms with Crippen molar-refractivity contribution in [1.82, 2.24) is 14.9 Å². The molecule has 1 fully saturated rings. The number of thiazole rings is 1. The minimum Gasteiger partial charge on any atom is -0.396 e. The molecule has 152 valence electrons. The normalized spacial score (nSPS) is 17.0. The molecule has 7 nitrogen and oxygen atoms in total. The number of amides is 2. The van der Waals surface area contributed by atoms with Crippen LogP contribution in [0.25, 0.3) is 10.2 Å². The van der Waals surface area contributed by atoms with Crippen molar-refractivity contribution >= 4 is 50.1 Å². The van der Waals surface area contributed by atoms with E-state index >= 15 is 0 Å². The number of halogens is 1. The number of para-hydroxylation sites is 1. The third-order valence-corrected chi connectivity index (χ3v) is 6.20. The third kappa shape index (κ3) is 4.29. The Morgan fingerprint density at radius 1 is 1.38 bits per heavy atom. The second-order valence-electron chi connectivity index (χ2n) is 7.03. The van der Waals surface area contributed by atoms with Gasteiger partial charge < -0.3 is 14.9 Å². The summed E-state index contributed by atoms with van der Waals surface area (Å²) in [6.45, 7) is 3.92. The minimum absolute atomic E-state index is 0.00638. The quantitative estimate of drug-likeness (QED) is 0.659. The first kappa shape index (κ1) is 19.9. The van der Waals surface area contributed by atoms with Crippen LogP contribution in [0.3, 0.4) is 0 Å². The Morgan fingerprint density at radius 3 is 2.93 bits per heavy atom. The number of aliphatic hydroxyl groups is 1. The summed E-state index contributed by atoms with van der Waals surface area (Å²) in [6, 6.07) is 9.52. The molecule has 2 amide bonds. The largest absolute Gasteiger partial charge is 0.396 e. The lowest BCUT2D eigenvalue weighted by Gasteiger charge is -2.40. The minimum atomic E-state index is -0.145. The topological polar surface area (TPSA) is 81.6 Å². The highest BCUT2D eigenvalue weighted by atomic mass is 35.5. The number of anilines is 2. The van der Waals surface area contributed by atoms with Crippen LogP contribution in [-0.4, -0.2) is 58.3 Å². The zero-order valence-electron chi connectivity index (χ0n) is 16.0. The zero-order chi connectivity index (χ0) is 20.4. The average Bonchev–Trinajstić information content (AvgIpc) is 3.10. The number of benzene rings is 1. The van der Waals surface area contributed by atoms with Gasteiger partial charge in [-0.05, 0) is 37.1 Å². The number of pyridine rings is 1. The predicted octanol–water partition coefficient (Wildman–Crippen LogP) is 3.62. The number of aliphatic hydroxyl groups excluding tert-OH is 1. The molecule has 0 saturated carbocycles. The highest BCUT2D eigenvalue weighted by Crippen LogP contribution is 2.28. The summed E-state index contributed by atoms with van der Waals surface area (Å²) in [5, 5.41) is 13.2. The third-order valence-electron chi connectivity index (χ3n) is 4.97. The standard InChI is InChI=1S/C20H22ClN5O2S/c1-13-12-25(18-15(21)10-14(6-9-27)11-22-18)7-8-26(13)20(28)24-19-23-16-4-2-3-5-17(16)29-19/h2-5,10-11,13,27H,6-9,12H2,1H3,(H,23,24,28). The van der Waals surface area contributed by atoms with Crippen molar-refractivity contribution in [2.45, 2.75) is 19.4 Å². The number of rotatable bonds is 4. The molecule has 0 spiro atoms. The van der Waals surface area contributed by atoms with Crippen molar-refractivity contribution in [3.8, 4) is 0 Å². The fraction of sp³-hybridized carbons (Fsp3) is 0.350. The van der Waals surface area contributed by atoms with Crippen LogP contribution < -0.4 is 10.2 Å². The summed E-state index contributed by atoms with van der Waals surface area (Å²) in [7, 11) is 0. The molecule has 1 aliphatic heterocycles. The summed E-state index contributed by atoms with van der Waals surface area (Å²) in [4.78, 5) is 25.6. The molecule has 9 heteroatoms. The van der Waals surface area contributed by atoms with Crippen LogP contribution in [0.5, 0.6) is 0 Å². The Bertz CT molecular complexity index is 994. The lowest BCUT2D eigenvalue weighted by Crippen LogP contribution is -2.55. The second kappa shape index (κ2) is 8.52. The maximum absolute atomic E-state index is 12.8. The lowest BCUT2D eigenvalue weighted by molar-refractivity contribution is 0.184. The van der Waals surface area contributed by atoms with Crippen molar-refractivity contribution < 1.29 is 9.90 Å². The number of hydrogen-bond donors (Lipinski definition) is 2. The molecule has 0 radical (unpaired) electrons. The predicted molar refractivity (Wildman–Crippen MR) is 117 cm³/mol. The van der Waals surface area contributed by atoms with E-state index in [2.05, 4.69) is 20.2 Å². The Labute approximate surface area is 177 Å². The molecular weight excluding hydrogens is 410 g/mol. The molecule has 3 heterocycles. The van der Waals surface area contributed by atoms with Gasteiger partial charge in [-0.3, -0.25) is 5.32 Å². The van der Waals surface area contributed by atoms with Gasteiger partial charge in [-0.1, -0.05) is 35.1 Å². The summed E-state index contributed by atoms with van der Waals surface area (Å²) in [6.07, 6.45) is 2.28. The van der Waals surface area contributed by atoms with Crippen molar-refractivity contribution in [3.05, 3.63) is 47.1 Å². The number of carbonyl (C=O) groups excluding carboxylic acids is 1. The molecule has 1 aliphatic rings. The molecular formula is C20H22ClN5O2S. The number of urea groups is 1. The molecule has 3 aromatic rings. The van der Waals surface area contributed by atoms with Gasteiger partial charge in [0.05, 0.1) is 15.2 Å². The van der Waals surface area contributed by atoms with E-state index in [9.17, 15) is 4.79 Å². The number of aromatic nitrogens is 2. The SMILES string of the molecule is CC1CN(c2ncc(CCO)cc2Cl)CCN1C(=O)Nc1nc2ccccc2s1. The van der Waals surface area contributed by atoms with E-state index in [4.69, 9.17) is 16.7 Å². The summed E-state index contributed by atoms with van der Waals surface area (Å²) >= 11 is 7.88. The van der Waals surface area contributed by atoms with Gasteiger partial charge in [0.1, 0.15) is 5.82 Å². The lowest BCUT2D eigenvalue weighted by atomic mass is 10.2. The number of hydrogen-bond acceptors (Lipinski definition) is 6. The van der Waals surface area contributed by atoms with E-state index in [1.54, 1.807) is 6.20 Å². The van der Waals surface area contributed by atoms with E-state index in [1.165, 1.54) is 11.3 Å². The van der Waals surface area contributed by atoms with Crippen molar-refractivity contribution in [3.63, 3.8) is 0 Å². The Morgan fingerprint density at radius 2 is 2.21 bits per heavy atom. The molecule has 1 saturated heterocycles. The monoisotopic (exact) mass is 431 g/mol. The van der Waals surface area contributed by atoms with Crippen LogP contribution in [0.2, 0.25) is 5.02 Å². The van der Waals surface area contributed by atoms with Gasteiger partial charge in [-0.25, -0.2) is 14.8 Å². The Balaban J connectivity index is 1.41. The van der Waals surface area contributed by atoms with E-state index in [-0.39, 0.29) is 18.7 Å². The van der Waals surface area contributed by atoms with E-state index in [1.807, 2.05) is 42.2 Å². The van der Waals surface area contributed by atoms with Crippen molar-refractivity contribution in [2.24, 2.45) is 0 Å². The van der Waals surface area contributed by atoms with Gasteiger partial charge in [0.25, 0.3) is 0 Å². The number of carbonyl (C=O) groups is 1. The van der Waals surface area contributed by atoms with Crippen LogP contribution >= 0.6 is 22.9 Å². The first-order chi connectivity index (χ1) is 14.0. The number of nitrogens with one attached hydrogen (secondary N) is 1. The fourth-order valence-corrected chi connectivity index (χ4v) is 4.67. The molecule has 1 aromatic carbocycles.